The van der Waals surface area contributed by atoms with Crippen molar-refractivity contribution in [3.8, 4) is 0 Å². The van der Waals surface area contributed by atoms with Gasteiger partial charge in [-0.25, -0.2) is 0 Å². The van der Waals surface area contributed by atoms with Crippen LogP contribution >= 0.6 is 0 Å². The fraction of sp³-hybridized carbons (Fsp3) is 1.00. The Balaban J connectivity index is 1.60. The van der Waals surface area contributed by atoms with Gasteiger partial charge in [-0.2, -0.15) is 0 Å². The largest absolute Gasteiger partial charge is 0.382 e. The molecule has 5 heteroatoms. The molecule has 0 atom stereocenters. The number of nitrogens with one attached hydrogen (secondary N) is 1. The fourth-order valence-electron chi connectivity index (χ4n) is 1.45. The first-order valence-corrected chi connectivity index (χ1v) is 6.89. The van der Waals surface area contributed by atoms with Gasteiger partial charge in [0.05, 0.1) is 39.6 Å². The lowest BCUT2D eigenvalue weighted by atomic mass is 10.4. The molecule has 1 rings (SSSR count). The quantitative estimate of drug-likeness (QED) is 0.469. The molecule has 0 heterocycles. The predicted octanol–water partition coefficient (Wildman–Crippen LogP) is 0.825. The summed E-state index contributed by atoms with van der Waals surface area (Å²) in [7, 11) is 1.66. The molecule has 0 bridgehead atoms. The summed E-state index contributed by atoms with van der Waals surface area (Å²) in [5.41, 5.74) is 0. The van der Waals surface area contributed by atoms with E-state index in [1.54, 1.807) is 7.11 Å². The molecule has 1 N–H and O–H groups in total. The number of hydrogen-bond acceptors (Lipinski definition) is 5. The Hall–Kier alpha value is -0.200. The smallest absolute Gasteiger partial charge is 0.0701 e. The Kier molecular flexibility index (Phi) is 10.5. The molecule has 0 unspecified atom stereocenters. The van der Waals surface area contributed by atoms with Crippen LogP contribution in [0.3, 0.4) is 0 Å². The van der Waals surface area contributed by atoms with Gasteiger partial charge in [-0.05, 0) is 25.8 Å². The van der Waals surface area contributed by atoms with Crippen molar-refractivity contribution in [2.24, 2.45) is 0 Å². The monoisotopic (exact) mass is 261 g/mol. The summed E-state index contributed by atoms with van der Waals surface area (Å²) in [5.74, 6) is 0. The molecule has 18 heavy (non-hydrogen) atoms. The van der Waals surface area contributed by atoms with Crippen LogP contribution in [0.1, 0.15) is 19.3 Å². The lowest BCUT2D eigenvalue weighted by molar-refractivity contribution is 0.00345. The van der Waals surface area contributed by atoms with Gasteiger partial charge in [-0.15, -0.1) is 0 Å². The number of methoxy groups -OCH3 is 1. The average Bonchev–Trinajstić information content (AvgIpc) is 3.19. The summed E-state index contributed by atoms with van der Waals surface area (Å²) < 4.78 is 20.9. The van der Waals surface area contributed by atoms with Crippen molar-refractivity contribution in [3.05, 3.63) is 0 Å². The summed E-state index contributed by atoms with van der Waals surface area (Å²) in [5, 5.41) is 3.45. The Morgan fingerprint density at radius 1 is 0.833 bits per heavy atom. The van der Waals surface area contributed by atoms with Crippen LogP contribution in [0.2, 0.25) is 0 Å². The topological polar surface area (TPSA) is 49.0 Å². The van der Waals surface area contributed by atoms with Gasteiger partial charge < -0.3 is 24.3 Å². The molecule has 0 aromatic rings. The van der Waals surface area contributed by atoms with Gasteiger partial charge in [0.2, 0.25) is 0 Å². The minimum Gasteiger partial charge on any atom is -0.382 e. The van der Waals surface area contributed by atoms with Gasteiger partial charge in [0.1, 0.15) is 0 Å². The lowest BCUT2D eigenvalue weighted by Gasteiger charge is -2.07. The molecule has 1 aliphatic rings. The molecule has 1 aliphatic carbocycles. The molecule has 0 spiro atoms. The van der Waals surface area contributed by atoms with Crippen LogP contribution in [0.4, 0.5) is 0 Å². The second kappa shape index (κ2) is 11.9. The van der Waals surface area contributed by atoms with Crippen LogP contribution in [0, 0.1) is 0 Å². The zero-order chi connectivity index (χ0) is 12.9. The van der Waals surface area contributed by atoms with E-state index in [0.717, 1.165) is 25.6 Å². The second-order valence-electron chi connectivity index (χ2n) is 4.41. The third-order valence-electron chi connectivity index (χ3n) is 2.65. The maximum absolute atomic E-state index is 5.46. The zero-order valence-electron chi connectivity index (χ0n) is 11.5. The van der Waals surface area contributed by atoms with E-state index in [9.17, 15) is 0 Å². The SMILES string of the molecule is COCCOCCOCCOCCCNC1CC1. The van der Waals surface area contributed by atoms with E-state index in [1.807, 2.05) is 0 Å². The summed E-state index contributed by atoms with van der Waals surface area (Å²) in [6.07, 6.45) is 3.78. The molecular weight excluding hydrogens is 234 g/mol. The highest BCUT2D eigenvalue weighted by atomic mass is 16.6. The van der Waals surface area contributed by atoms with Crippen LogP contribution in [0.5, 0.6) is 0 Å². The molecule has 0 saturated heterocycles. The van der Waals surface area contributed by atoms with E-state index < -0.39 is 0 Å². The van der Waals surface area contributed by atoms with E-state index in [0.29, 0.717) is 39.6 Å². The van der Waals surface area contributed by atoms with Crippen molar-refractivity contribution < 1.29 is 18.9 Å². The summed E-state index contributed by atoms with van der Waals surface area (Å²) in [6, 6.07) is 0.798. The standard InChI is InChI=1S/C13H27NO4/c1-15-7-8-17-11-12-18-10-9-16-6-2-5-14-13-3-4-13/h13-14H,2-12H2,1H3. The summed E-state index contributed by atoms with van der Waals surface area (Å²) >= 11 is 0. The Labute approximate surface area is 110 Å². The normalized spacial score (nSPS) is 15.2. The van der Waals surface area contributed by atoms with Crippen molar-refractivity contribution in [1.29, 1.82) is 0 Å². The molecule has 0 radical (unpaired) electrons. The zero-order valence-corrected chi connectivity index (χ0v) is 11.5. The summed E-state index contributed by atoms with van der Waals surface area (Å²) in [4.78, 5) is 0. The maximum Gasteiger partial charge on any atom is 0.0701 e. The van der Waals surface area contributed by atoms with E-state index in [2.05, 4.69) is 5.32 Å². The van der Waals surface area contributed by atoms with Crippen molar-refractivity contribution in [3.63, 3.8) is 0 Å². The molecule has 0 aromatic carbocycles. The van der Waals surface area contributed by atoms with E-state index in [1.165, 1.54) is 12.8 Å². The van der Waals surface area contributed by atoms with E-state index in [-0.39, 0.29) is 0 Å². The Morgan fingerprint density at radius 2 is 1.39 bits per heavy atom. The van der Waals surface area contributed by atoms with Gasteiger partial charge in [0.25, 0.3) is 0 Å². The van der Waals surface area contributed by atoms with Gasteiger partial charge in [-0.1, -0.05) is 0 Å². The van der Waals surface area contributed by atoms with Crippen molar-refractivity contribution >= 4 is 0 Å². The van der Waals surface area contributed by atoms with Gasteiger partial charge in [0.15, 0.2) is 0 Å². The van der Waals surface area contributed by atoms with Crippen LogP contribution in [0.25, 0.3) is 0 Å². The number of rotatable bonds is 14. The first-order chi connectivity index (χ1) is 8.93. The van der Waals surface area contributed by atoms with E-state index >= 15 is 0 Å². The highest BCUT2D eigenvalue weighted by Gasteiger charge is 2.19. The second-order valence-corrected chi connectivity index (χ2v) is 4.41. The Morgan fingerprint density at radius 3 is 1.94 bits per heavy atom. The highest BCUT2D eigenvalue weighted by Crippen LogP contribution is 2.18. The van der Waals surface area contributed by atoms with E-state index in [4.69, 9.17) is 18.9 Å². The molecule has 1 saturated carbocycles. The fourth-order valence-corrected chi connectivity index (χ4v) is 1.45. The summed E-state index contributed by atoms with van der Waals surface area (Å²) in [6.45, 7) is 5.70. The molecular formula is C13H27NO4. The molecule has 0 amide bonds. The maximum atomic E-state index is 5.46. The van der Waals surface area contributed by atoms with Crippen LogP contribution in [0.15, 0.2) is 0 Å². The van der Waals surface area contributed by atoms with Gasteiger partial charge in [-0.3, -0.25) is 0 Å². The molecule has 108 valence electrons. The Bertz CT molecular complexity index is 176. The third kappa shape index (κ3) is 10.9. The molecule has 0 aromatic heterocycles. The van der Waals surface area contributed by atoms with Crippen LogP contribution in [-0.4, -0.2) is 65.9 Å². The van der Waals surface area contributed by atoms with Crippen LogP contribution in [-0.2, 0) is 18.9 Å². The number of ether oxygens (including phenoxy) is 4. The predicted molar refractivity (Wildman–Crippen MR) is 70.0 cm³/mol. The lowest BCUT2D eigenvalue weighted by Crippen LogP contribution is -2.19. The van der Waals surface area contributed by atoms with Gasteiger partial charge >= 0.3 is 0 Å². The van der Waals surface area contributed by atoms with Gasteiger partial charge in [0, 0.05) is 19.8 Å². The minimum absolute atomic E-state index is 0.620. The molecule has 0 aliphatic heterocycles. The van der Waals surface area contributed by atoms with Crippen molar-refractivity contribution in [2.45, 2.75) is 25.3 Å². The van der Waals surface area contributed by atoms with Crippen LogP contribution < -0.4 is 5.32 Å². The van der Waals surface area contributed by atoms with Crippen molar-refractivity contribution in [1.82, 2.24) is 5.32 Å². The number of hydrogen-bond donors (Lipinski definition) is 1. The minimum atomic E-state index is 0.620. The first-order valence-electron chi connectivity index (χ1n) is 6.89. The average molecular weight is 261 g/mol. The molecule has 1 fully saturated rings. The first kappa shape index (κ1) is 15.9. The molecule has 5 nitrogen and oxygen atoms in total. The third-order valence-corrected chi connectivity index (χ3v) is 2.65. The van der Waals surface area contributed by atoms with Crippen molar-refractivity contribution in [2.75, 3.05) is 59.9 Å². The highest BCUT2D eigenvalue weighted by molar-refractivity contribution is 4.80.